The predicted molar refractivity (Wildman–Crippen MR) is 99.1 cm³/mol. The van der Waals surface area contributed by atoms with Gasteiger partial charge in [0.2, 0.25) is 0 Å². The molecule has 0 amide bonds. The van der Waals surface area contributed by atoms with Crippen LogP contribution in [-0.4, -0.2) is 62.3 Å². The SMILES string of the molecule is COC(=O)CC(C)(O)CC(CCCOC1CCCCO1)OC1CCCCO1. The first-order valence-electron chi connectivity index (χ1n) is 10.3. The number of carbonyl (C=O) groups excluding carboxylic acids is 1. The number of methoxy groups -OCH3 is 1. The molecule has 4 atom stereocenters. The first-order chi connectivity index (χ1) is 13.0. The van der Waals surface area contributed by atoms with Gasteiger partial charge in [0.05, 0.1) is 25.2 Å². The van der Waals surface area contributed by atoms with E-state index >= 15 is 0 Å². The molecular formula is C20H36O7. The molecule has 2 aliphatic rings. The topological polar surface area (TPSA) is 83.5 Å². The van der Waals surface area contributed by atoms with Gasteiger partial charge in [0, 0.05) is 26.2 Å². The highest BCUT2D eigenvalue weighted by Crippen LogP contribution is 2.25. The molecule has 0 spiro atoms. The Labute approximate surface area is 162 Å². The van der Waals surface area contributed by atoms with Gasteiger partial charge in [-0.2, -0.15) is 0 Å². The maximum Gasteiger partial charge on any atom is 0.308 e. The summed E-state index contributed by atoms with van der Waals surface area (Å²) < 4.78 is 27.8. The molecular weight excluding hydrogens is 352 g/mol. The standard InChI is InChI=1S/C20H36O7/c1-20(22,15-17(21)23-2)14-16(27-19-10-4-6-12-26-19)8-7-13-25-18-9-3-5-11-24-18/h16,18-19,22H,3-15H2,1-2H3. The minimum atomic E-state index is -1.18. The molecule has 0 aromatic rings. The minimum Gasteiger partial charge on any atom is -0.469 e. The van der Waals surface area contributed by atoms with Crippen molar-refractivity contribution >= 4 is 5.97 Å². The third-order valence-electron chi connectivity index (χ3n) is 5.01. The van der Waals surface area contributed by atoms with Gasteiger partial charge in [-0.05, 0) is 58.3 Å². The molecule has 2 rings (SSSR count). The van der Waals surface area contributed by atoms with Crippen molar-refractivity contribution in [3.05, 3.63) is 0 Å². The summed E-state index contributed by atoms with van der Waals surface area (Å²) in [5.41, 5.74) is -1.18. The van der Waals surface area contributed by atoms with Crippen LogP contribution >= 0.6 is 0 Å². The molecule has 27 heavy (non-hydrogen) atoms. The van der Waals surface area contributed by atoms with Crippen LogP contribution in [-0.2, 0) is 28.5 Å². The van der Waals surface area contributed by atoms with E-state index in [-0.39, 0.29) is 25.1 Å². The molecule has 0 aliphatic carbocycles. The predicted octanol–water partition coefficient (Wildman–Crippen LogP) is 2.93. The molecule has 4 unspecified atom stereocenters. The van der Waals surface area contributed by atoms with Crippen LogP contribution in [0.1, 0.15) is 71.1 Å². The van der Waals surface area contributed by atoms with Gasteiger partial charge in [0.25, 0.3) is 0 Å². The van der Waals surface area contributed by atoms with Gasteiger partial charge in [-0.3, -0.25) is 4.79 Å². The summed E-state index contributed by atoms with van der Waals surface area (Å²) in [6, 6.07) is 0. The monoisotopic (exact) mass is 388 g/mol. The number of ether oxygens (including phenoxy) is 5. The van der Waals surface area contributed by atoms with Crippen LogP contribution in [0.25, 0.3) is 0 Å². The van der Waals surface area contributed by atoms with Gasteiger partial charge in [0.1, 0.15) is 0 Å². The Morgan fingerprint density at radius 2 is 1.81 bits per heavy atom. The van der Waals surface area contributed by atoms with Gasteiger partial charge in [0.15, 0.2) is 12.6 Å². The molecule has 2 aliphatic heterocycles. The number of hydrogen-bond donors (Lipinski definition) is 1. The Hall–Kier alpha value is -0.730. The van der Waals surface area contributed by atoms with Crippen molar-refractivity contribution in [3.8, 4) is 0 Å². The second-order valence-electron chi connectivity index (χ2n) is 7.82. The van der Waals surface area contributed by atoms with E-state index in [4.69, 9.17) is 18.9 Å². The second kappa shape index (κ2) is 12.0. The fourth-order valence-electron chi connectivity index (χ4n) is 3.57. The van der Waals surface area contributed by atoms with Crippen molar-refractivity contribution in [1.82, 2.24) is 0 Å². The van der Waals surface area contributed by atoms with E-state index in [2.05, 4.69) is 4.74 Å². The molecule has 7 nitrogen and oxygen atoms in total. The first kappa shape index (κ1) is 22.6. The Kier molecular flexibility index (Phi) is 10.00. The van der Waals surface area contributed by atoms with E-state index in [0.717, 1.165) is 58.0 Å². The summed E-state index contributed by atoms with van der Waals surface area (Å²) in [7, 11) is 1.33. The normalized spacial score (nSPS) is 26.9. The van der Waals surface area contributed by atoms with E-state index in [1.807, 2.05) is 0 Å². The van der Waals surface area contributed by atoms with Crippen molar-refractivity contribution in [1.29, 1.82) is 0 Å². The van der Waals surface area contributed by atoms with Crippen LogP contribution in [0.2, 0.25) is 0 Å². The highest BCUT2D eigenvalue weighted by atomic mass is 16.7. The highest BCUT2D eigenvalue weighted by molar-refractivity contribution is 5.70. The molecule has 0 aromatic heterocycles. The van der Waals surface area contributed by atoms with E-state index in [1.165, 1.54) is 7.11 Å². The number of carbonyl (C=O) groups is 1. The molecule has 2 saturated heterocycles. The number of esters is 1. The van der Waals surface area contributed by atoms with E-state index in [1.54, 1.807) is 6.92 Å². The average Bonchev–Trinajstić information content (AvgIpc) is 2.66. The van der Waals surface area contributed by atoms with Gasteiger partial charge in [-0.1, -0.05) is 0 Å². The quantitative estimate of drug-likeness (QED) is 0.430. The maximum absolute atomic E-state index is 11.6. The summed E-state index contributed by atoms with van der Waals surface area (Å²) in [6.45, 7) is 3.72. The van der Waals surface area contributed by atoms with E-state index < -0.39 is 11.6 Å². The van der Waals surface area contributed by atoms with Crippen LogP contribution in [0.4, 0.5) is 0 Å². The third kappa shape index (κ3) is 9.34. The zero-order valence-corrected chi connectivity index (χ0v) is 16.8. The van der Waals surface area contributed by atoms with Gasteiger partial charge in [-0.25, -0.2) is 0 Å². The third-order valence-corrected chi connectivity index (χ3v) is 5.01. The average molecular weight is 389 g/mol. The van der Waals surface area contributed by atoms with Crippen molar-refractivity contribution in [2.75, 3.05) is 26.9 Å². The van der Waals surface area contributed by atoms with Crippen LogP contribution < -0.4 is 0 Å². The van der Waals surface area contributed by atoms with Crippen LogP contribution in [0.5, 0.6) is 0 Å². The number of aliphatic hydroxyl groups is 1. The Morgan fingerprint density at radius 1 is 1.15 bits per heavy atom. The molecule has 2 fully saturated rings. The minimum absolute atomic E-state index is 0.0543. The van der Waals surface area contributed by atoms with Crippen molar-refractivity contribution < 1.29 is 33.6 Å². The molecule has 158 valence electrons. The van der Waals surface area contributed by atoms with E-state index in [0.29, 0.717) is 19.6 Å². The largest absolute Gasteiger partial charge is 0.469 e. The number of hydrogen-bond acceptors (Lipinski definition) is 7. The van der Waals surface area contributed by atoms with Gasteiger partial charge >= 0.3 is 5.97 Å². The zero-order valence-electron chi connectivity index (χ0n) is 16.8. The van der Waals surface area contributed by atoms with Crippen LogP contribution in [0, 0.1) is 0 Å². The molecule has 0 aromatic carbocycles. The lowest BCUT2D eigenvalue weighted by Gasteiger charge is -2.32. The summed E-state index contributed by atoms with van der Waals surface area (Å²) in [5.74, 6) is -0.426. The lowest BCUT2D eigenvalue weighted by molar-refractivity contribution is -0.201. The highest BCUT2D eigenvalue weighted by Gasteiger charge is 2.31. The lowest BCUT2D eigenvalue weighted by atomic mass is 9.92. The zero-order chi connectivity index (χ0) is 19.5. The van der Waals surface area contributed by atoms with Gasteiger partial charge in [-0.15, -0.1) is 0 Å². The van der Waals surface area contributed by atoms with Crippen LogP contribution in [0.3, 0.4) is 0 Å². The molecule has 0 bridgehead atoms. The maximum atomic E-state index is 11.6. The van der Waals surface area contributed by atoms with Crippen molar-refractivity contribution in [2.24, 2.45) is 0 Å². The first-order valence-corrected chi connectivity index (χ1v) is 10.3. The molecule has 1 N–H and O–H groups in total. The number of rotatable bonds is 11. The molecule has 7 heteroatoms. The molecule has 2 heterocycles. The second-order valence-corrected chi connectivity index (χ2v) is 7.82. The van der Waals surface area contributed by atoms with E-state index in [9.17, 15) is 9.90 Å². The Morgan fingerprint density at radius 3 is 2.41 bits per heavy atom. The fraction of sp³-hybridized carbons (Fsp3) is 0.950. The Balaban J connectivity index is 1.79. The smallest absolute Gasteiger partial charge is 0.308 e. The Bertz CT molecular complexity index is 415. The summed E-state index contributed by atoms with van der Waals surface area (Å²) in [6.07, 6.45) is 7.48. The molecule has 0 saturated carbocycles. The van der Waals surface area contributed by atoms with Crippen LogP contribution in [0.15, 0.2) is 0 Å². The van der Waals surface area contributed by atoms with Crippen molar-refractivity contribution in [3.63, 3.8) is 0 Å². The lowest BCUT2D eigenvalue weighted by Crippen LogP contribution is -2.37. The van der Waals surface area contributed by atoms with Crippen molar-refractivity contribution in [2.45, 2.75) is 95.4 Å². The summed E-state index contributed by atoms with van der Waals surface area (Å²) in [4.78, 5) is 11.6. The summed E-state index contributed by atoms with van der Waals surface area (Å²) in [5, 5.41) is 10.6. The molecule has 0 radical (unpaired) electrons. The fourth-order valence-corrected chi connectivity index (χ4v) is 3.57. The summed E-state index contributed by atoms with van der Waals surface area (Å²) >= 11 is 0. The van der Waals surface area contributed by atoms with Gasteiger partial charge < -0.3 is 28.8 Å².